The highest BCUT2D eigenvalue weighted by Crippen LogP contribution is 2.51. The minimum atomic E-state index is -3.62. The molecule has 1 saturated heterocycles. The monoisotopic (exact) mass is 634 g/mol. The fourth-order valence-electron chi connectivity index (χ4n) is 4.49. The van der Waals surface area contributed by atoms with Crippen LogP contribution < -0.4 is 16.6 Å². The lowest BCUT2D eigenvalue weighted by atomic mass is 9.99. The van der Waals surface area contributed by atoms with E-state index in [2.05, 4.69) is 10.3 Å². The first-order valence-electron chi connectivity index (χ1n) is 14.0. The summed E-state index contributed by atoms with van der Waals surface area (Å²) in [7, 11) is 0.0570. The van der Waals surface area contributed by atoms with Gasteiger partial charge in [-0.05, 0) is 40.8 Å². The Hall–Kier alpha value is -2.88. The molecule has 16 nitrogen and oxygen atoms in total. The van der Waals surface area contributed by atoms with E-state index in [4.69, 9.17) is 28.4 Å². The molecule has 0 aliphatic carbocycles. The number of likely N-dealkylation sites (N-methyl/N-ethyl adjacent to an activating group) is 1. The van der Waals surface area contributed by atoms with Crippen LogP contribution in [0, 0.1) is 12.8 Å². The number of aliphatic carboxylic acids is 1. The Morgan fingerprint density at radius 1 is 1.16 bits per heavy atom. The van der Waals surface area contributed by atoms with E-state index in [1.807, 2.05) is 19.0 Å². The number of nitrogens with zero attached hydrogens (tertiary/aromatic N) is 2. The lowest BCUT2D eigenvalue weighted by molar-refractivity contribution is -0.161. The lowest BCUT2D eigenvalue weighted by Crippen LogP contribution is -2.44. The number of aryl methyl sites for hydroxylation is 1. The Morgan fingerprint density at radius 3 is 2.40 bits per heavy atom. The summed E-state index contributed by atoms with van der Waals surface area (Å²) in [6.45, 7) is 7.04. The van der Waals surface area contributed by atoms with Gasteiger partial charge in [0.15, 0.2) is 12.3 Å². The molecule has 1 aliphatic rings. The summed E-state index contributed by atoms with van der Waals surface area (Å²) in [5, 5.41) is 11.7. The predicted molar refractivity (Wildman–Crippen MR) is 153 cm³/mol. The van der Waals surface area contributed by atoms with E-state index < -0.39 is 86.6 Å². The summed E-state index contributed by atoms with van der Waals surface area (Å²) < 4.78 is 43.1. The van der Waals surface area contributed by atoms with E-state index in [-0.39, 0.29) is 24.9 Å². The number of H-pyrrole nitrogens is 1. The van der Waals surface area contributed by atoms with Gasteiger partial charge >= 0.3 is 25.2 Å². The van der Waals surface area contributed by atoms with Crippen LogP contribution >= 0.6 is 7.60 Å². The van der Waals surface area contributed by atoms with Gasteiger partial charge in [0.25, 0.3) is 5.56 Å². The molecule has 5 atom stereocenters. The number of carbonyl (C=O) groups is 3. The number of hydrogen-bond donors (Lipinski definition) is 3. The zero-order valence-corrected chi connectivity index (χ0v) is 26.3. The quantitative estimate of drug-likeness (QED) is 0.149. The number of aromatic amines is 1. The minimum Gasteiger partial charge on any atom is -0.481 e. The van der Waals surface area contributed by atoms with Crippen molar-refractivity contribution in [3.63, 3.8) is 0 Å². The van der Waals surface area contributed by atoms with Crippen molar-refractivity contribution >= 4 is 25.4 Å². The van der Waals surface area contributed by atoms with Crippen molar-refractivity contribution in [1.82, 2.24) is 19.8 Å². The van der Waals surface area contributed by atoms with Crippen LogP contribution in [0.5, 0.6) is 0 Å². The van der Waals surface area contributed by atoms with Crippen molar-refractivity contribution in [3.05, 3.63) is 32.6 Å². The Bertz CT molecular complexity index is 1260. The number of nitrogens with one attached hydrogen (secondary N) is 2. The van der Waals surface area contributed by atoms with Gasteiger partial charge in [-0.15, -0.1) is 0 Å². The van der Waals surface area contributed by atoms with Crippen molar-refractivity contribution in [2.24, 2.45) is 5.92 Å². The van der Waals surface area contributed by atoms with E-state index in [0.29, 0.717) is 13.1 Å². The first-order valence-corrected chi connectivity index (χ1v) is 15.7. The molecule has 3 N–H and O–H groups in total. The van der Waals surface area contributed by atoms with Crippen molar-refractivity contribution in [1.29, 1.82) is 0 Å². The third-order valence-corrected chi connectivity index (χ3v) is 8.79. The number of hydrogen-bond acceptors (Lipinski definition) is 12. The highest BCUT2D eigenvalue weighted by molar-refractivity contribution is 7.53. The molecular formula is C26H43N4O12P. The number of aromatic nitrogens is 2. The second-order valence-electron chi connectivity index (χ2n) is 10.4. The Kier molecular flexibility index (Phi) is 14.2. The molecule has 43 heavy (non-hydrogen) atoms. The molecule has 0 unspecified atom stereocenters. The molecule has 1 aromatic heterocycles. The normalized spacial score (nSPS) is 21.1. The van der Waals surface area contributed by atoms with Crippen LogP contribution in [0.2, 0.25) is 0 Å². The van der Waals surface area contributed by atoms with Crippen molar-refractivity contribution in [2.45, 2.75) is 65.1 Å². The van der Waals surface area contributed by atoms with Gasteiger partial charge in [0.1, 0.15) is 18.8 Å². The summed E-state index contributed by atoms with van der Waals surface area (Å²) >= 11 is 0. The molecule has 0 spiro atoms. The standard InChI is InChI=1S/C26H43N4O12P/c1-7-39-43(37,40-8-2)15-17(4)21-22(41-20(34)10-9-19(32)33)23(38-14-18(31)27-11-12-29(5)6)25(42-21)30-13-16(3)24(35)28-26(30)36/h13,17,21-23,25H,7-12,14-15H2,1-6H3,(H,27,31)(H,32,33)(H,28,35,36)/t17-,21+,22+,23+,25+/m0/s1. The Morgan fingerprint density at radius 2 is 1.81 bits per heavy atom. The molecule has 0 radical (unpaired) electrons. The van der Waals surface area contributed by atoms with Crippen molar-refractivity contribution < 1.29 is 47.3 Å². The van der Waals surface area contributed by atoms with Gasteiger partial charge in [0.2, 0.25) is 5.91 Å². The molecule has 0 aromatic carbocycles. The maximum absolute atomic E-state index is 13.4. The number of carboxylic acids is 1. The van der Waals surface area contributed by atoms with Crippen LogP contribution in [0.1, 0.15) is 45.4 Å². The van der Waals surface area contributed by atoms with Crippen LogP contribution in [-0.2, 0) is 42.2 Å². The Balaban J connectivity index is 2.50. The van der Waals surface area contributed by atoms with Gasteiger partial charge in [-0.25, -0.2) is 4.79 Å². The molecule has 1 aromatic rings. The van der Waals surface area contributed by atoms with E-state index in [1.165, 1.54) is 13.1 Å². The van der Waals surface area contributed by atoms with E-state index >= 15 is 0 Å². The maximum Gasteiger partial charge on any atom is 0.331 e. The summed E-state index contributed by atoms with van der Waals surface area (Å²) in [4.78, 5) is 65.4. The summed E-state index contributed by atoms with van der Waals surface area (Å²) in [6, 6.07) is 0. The van der Waals surface area contributed by atoms with E-state index in [0.717, 1.165) is 4.57 Å². The maximum atomic E-state index is 13.4. The van der Waals surface area contributed by atoms with Gasteiger partial charge in [0.05, 0.1) is 32.2 Å². The van der Waals surface area contributed by atoms with Crippen LogP contribution in [0.3, 0.4) is 0 Å². The van der Waals surface area contributed by atoms with Gasteiger partial charge < -0.3 is 38.6 Å². The summed E-state index contributed by atoms with van der Waals surface area (Å²) in [5.74, 6) is -3.28. The number of esters is 1. The van der Waals surface area contributed by atoms with Crippen LogP contribution in [0.4, 0.5) is 0 Å². The lowest BCUT2D eigenvalue weighted by Gasteiger charge is -2.28. The van der Waals surface area contributed by atoms with Crippen molar-refractivity contribution in [2.75, 3.05) is 53.2 Å². The first-order chi connectivity index (χ1) is 20.2. The largest absolute Gasteiger partial charge is 0.481 e. The topological polar surface area (TPSA) is 205 Å². The van der Waals surface area contributed by atoms with Gasteiger partial charge in [-0.1, -0.05) is 6.92 Å². The third kappa shape index (κ3) is 11.0. The summed E-state index contributed by atoms with van der Waals surface area (Å²) in [6.07, 6.45) is -4.82. The molecule has 17 heteroatoms. The average molecular weight is 635 g/mol. The molecule has 1 fully saturated rings. The van der Waals surface area contributed by atoms with E-state index in [1.54, 1.807) is 20.8 Å². The Labute approximate surface area is 249 Å². The molecular weight excluding hydrogens is 591 g/mol. The van der Waals surface area contributed by atoms with Crippen LogP contribution in [0.15, 0.2) is 15.8 Å². The number of amides is 1. The molecule has 1 amide bonds. The highest BCUT2D eigenvalue weighted by atomic mass is 31.2. The third-order valence-electron chi connectivity index (χ3n) is 6.47. The molecule has 0 bridgehead atoms. The van der Waals surface area contributed by atoms with Gasteiger partial charge in [-0.3, -0.25) is 33.3 Å². The van der Waals surface area contributed by atoms with Crippen molar-refractivity contribution in [3.8, 4) is 0 Å². The molecule has 0 saturated carbocycles. The molecule has 244 valence electrons. The van der Waals surface area contributed by atoms with Crippen LogP contribution in [0.25, 0.3) is 0 Å². The van der Waals surface area contributed by atoms with E-state index in [9.17, 15) is 28.5 Å². The number of ether oxygens (including phenoxy) is 3. The molecule has 2 rings (SSSR count). The first kappa shape index (κ1) is 36.3. The van der Waals surface area contributed by atoms with Gasteiger partial charge in [0, 0.05) is 24.8 Å². The second kappa shape index (κ2) is 16.8. The zero-order valence-electron chi connectivity index (χ0n) is 25.4. The highest BCUT2D eigenvalue weighted by Gasteiger charge is 2.52. The average Bonchev–Trinajstić information content (AvgIpc) is 3.26. The zero-order chi connectivity index (χ0) is 32.3. The fraction of sp³-hybridized carbons (Fsp3) is 0.731. The predicted octanol–water partition coefficient (Wildman–Crippen LogP) is 0.484. The number of carbonyl (C=O) groups excluding carboxylic acids is 2. The number of carboxylic acid groups (broad SMARTS) is 1. The number of rotatable bonds is 18. The molecule has 1 aliphatic heterocycles. The SMILES string of the molecule is CCOP(=O)(C[C@H](C)[C@H]1O[C@@H](n2cc(C)c(=O)[nH]c2=O)[C@H](OCC(=O)NCCN(C)C)[C@@H]1OC(=O)CCC(=O)O)OCC. The summed E-state index contributed by atoms with van der Waals surface area (Å²) in [5.41, 5.74) is -1.29. The second-order valence-corrected chi connectivity index (χ2v) is 12.5. The van der Waals surface area contributed by atoms with Gasteiger partial charge in [-0.2, -0.15) is 0 Å². The molecule has 2 heterocycles. The van der Waals surface area contributed by atoms with Crippen LogP contribution in [-0.4, -0.2) is 109 Å². The smallest absolute Gasteiger partial charge is 0.331 e. The minimum absolute atomic E-state index is 0.104. The fourth-order valence-corrected chi connectivity index (χ4v) is 6.47.